The van der Waals surface area contributed by atoms with Gasteiger partial charge in [0.15, 0.2) is 0 Å². The van der Waals surface area contributed by atoms with Crippen molar-refractivity contribution in [1.82, 2.24) is 5.32 Å². The van der Waals surface area contributed by atoms with Gasteiger partial charge in [-0.3, -0.25) is 0 Å². The predicted octanol–water partition coefficient (Wildman–Crippen LogP) is 3.90. The third-order valence-corrected chi connectivity index (χ3v) is 3.20. The first-order valence-corrected chi connectivity index (χ1v) is 7.28. The molecule has 1 N–H and O–H groups in total. The highest BCUT2D eigenvalue weighted by molar-refractivity contribution is 5.16. The normalized spacial score (nSPS) is 12.6. The minimum atomic E-state index is -0.191. The van der Waals surface area contributed by atoms with Crippen molar-refractivity contribution in [3.8, 4) is 0 Å². The molecule has 0 saturated heterocycles. The van der Waals surface area contributed by atoms with Crippen LogP contribution in [0.1, 0.15) is 45.1 Å². The Morgan fingerprint density at radius 3 is 2.79 bits per heavy atom. The highest BCUT2D eigenvalue weighted by Gasteiger charge is 2.02. The summed E-state index contributed by atoms with van der Waals surface area (Å²) in [5.74, 6) is -0.191. The average molecular weight is 267 g/mol. The van der Waals surface area contributed by atoms with Gasteiger partial charge in [0.2, 0.25) is 0 Å². The maximum Gasteiger partial charge on any atom is 0.128 e. The van der Waals surface area contributed by atoms with Crippen molar-refractivity contribution < 1.29 is 9.13 Å². The molecule has 0 aromatic heterocycles. The molecule has 0 aliphatic carbocycles. The van der Waals surface area contributed by atoms with Gasteiger partial charge < -0.3 is 10.1 Å². The van der Waals surface area contributed by atoms with E-state index in [1.165, 1.54) is 31.7 Å². The smallest absolute Gasteiger partial charge is 0.128 e. The molecule has 0 fully saturated rings. The molecule has 0 aliphatic heterocycles. The Morgan fingerprint density at radius 2 is 2.05 bits per heavy atom. The fourth-order valence-corrected chi connectivity index (χ4v) is 1.98. The van der Waals surface area contributed by atoms with Gasteiger partial charge in [-0.05, 0) is 19.4 Å². The van der Waals surface area contributed by atoms with Gasteiger partial charge in [-0.1, -0.05) is 44.4 Å². The summed E-state index contributed by atoms with van der Waals surface area (Å²) < 4.78 is 18.8. The third-order valence-electron chi connectivity index (χ3n) is 3.20. The number of benzene rings is 1. The second-order valence-corrected chi connectivity index (χ2v) is 4.99. The van der Waals surface area contributed by atoms with E-state index in [1.807, 2.05) is 6.07 Å². The molecule has 0 saturated carbocycles. The van der Waals surface area contributed by atoms with Gasteiger partial charge in [-0.25, -0.2) is 4.39 Å². The lowest BCUT2D eigenvalue weighted by Crippen LogP contribution is -2.29. The first-order valence-electron chi connectivity index (χ1n) is 7.28. The minimum Gasteiger partial charge on any atom is -0.375 e. The first kappa shape index (κ1) is 16.1. The maximum atomic E-state index is 13.3. The van der Waals surface area contributed by atoms with Crippen molar-refractivity contribution in [3.05, 3.63) is 35.6 Å². The molecule has 0 heterocycles. The summed E-state index contributed by atoms with van der Waals surface area (Å²) in [7, 11) is 0. The molecule has 0 spiro atoms. The van der Waals surface area contributed by atoms with Crippen LogP contribution >= 0.6 is 0 Å². The number of unbranched alkanes of at least 4 members (excludes halogenated alkanes) is 2. The van der Waals surface area contributed by atoms with Crippen molar-refractivity contribution in [2.75, 3.05) is 13.2 Å². The highest BCUT2D eigenvalue weighted by atomic mass is 19.1. The average Bonchev–Trinajstić information content (AvgIpc) is 2.41. The Bertz CT molecular complexity index is 343. The van der Waals surface area contributed by atoms with Crippen molar-refractivity contribution in [2.45, 2.75) is 52.2 Å². The topological polar surface area (TPSA) is 21.3 Å². The van der Waals surface area contributed by atoms with Crippen molar-refractivity contribution in [3.63, 3.8) is 0 Å². The maximum absolute atomic E-state index is 13.3. The van der Waals surface area contributed by atoms with Crippen LogP contribution in [0.15, 0.2) is 24.3 Å². The molecule has 3 heteroatoms. The number of hydrogen-bond donors (Lipinski definition) is 1. The van der Waals surface area contributed by atoms with E-state index >= 15 is 0 Å². The molecular weight excluding hydrogens is 241 g/mol. The molecule has 1 aromatic carbocycles. The van der Waals surface area contributed by atoms with Crippen molar-refractivity contribution in [2.24, 2.45) is 0 Å². The summed E-state index contributed by atoms with van der Waals surface area (Å²) in [6, 6.07) is 7.28. The van der Waals surface area contributed by atoms with Crippen LogP contribution in [-0.4, -0.2) is 19.2 Å². The van der Waals surface area contributed by atoms with E-state index in [4.69, 9.17) is 4.74 Å². The van der Waals surface area contributed by atoms with Crippen molar-refractivity contribution in [1.29, 1.82) is 0 Å². The number of rotatable bonds is 10. The van der Waals surface area contributed by atoms with Gasteiger partial charge in [0.25, 0.3) is 0 Å². The number of halogens is 1. The van der Waals surface area contributed by atoms with Gasteiger partial charge in [-0.2, -0.15) is 0 Å². The lowest BCUT2D eigenvalue weighted by Gasteiger charge is -2.13. The molecule has 0 bridgehead atoms. The second kappa shape index (κ2) is 9.93. The van der Waals surface area contributed by atoms with Crippen LogP contribution in [0.3, 0.4) is 0 Å². The van der Waals surface area contributed by atoms with Gasteiger partial charge in [0.1, 0.15) is 5.82 Å². The monoisotopic (exact) mass is 267 g/mol. The van der Waals surface area contributed by atoms with E-state index < -0.39 is 0 Å². The molecule has 1 unspecified atom stereocenters. The Labute approximate surface area is 116 Å². The highest BCUT2D eigenvalue weighted by Crippen LogP contribution is 2.07. The molecule has 108 valence electrons. The lowest BCUT2D eigenvalue weighted by atomic mass is 10.1. The Hall–Kier alpha value is -0.930. The summed E-state index contributed by atoms with van der Waals surface area (Å²) in [5.41, 5.74) is 0.624. The Morgan fingerprint density at radius 1 is 1.26 bits per heavy atom. The third kappa shape index (κ3) is 7.28. The summed E-state index contributed by atoms with van der Waals surface area (Å²) in [6.07, 6.45) is 5.05. The second-order valence-electron chi connectivity index (χ2n) is 4.99. The molecule has 1 aromatic rings. The molecule has 19 heavy (non-hydrogen) atoms. The summed E-state index contributed by atoms with van der Waals surface area (Å²) in [6.45, 7) is 6.20. The summed E-state index contributed by atoms with van der Waals surface area (Å²) >= 11 is 0. The van der Waals surface area contributed by atoms with Gasteiger partial charge in [-0.15, -0.1) is 0 Å². The largest absolute Gasteiger partial charge is 0.375 e. The van der Waals surface area contributed by atoms with E-state index in [0.29, 0.717) is 24.8 Å². The van der Waals surface area contributed by atoms with E-state index in [2.05, 4.69) is 19.2 Å². The quantitative estimate of drug-likeness (QED) is 0.649. The van der Waals surface area contributed by atoms with E-state index in [-0.39, 0.29) is 5.82 Å². The van der Waals surface area contributed by atoms with Crippen LogP contribution in [0.4, 0.5) is 4.39 Å². The Kier molecular flexibility index (Phi) is 8.43. The zero-order valence-corrected chi connectivity index (χ0v) is 12.1. The van der Waals surface area contributed by atoms with Gasteiger partial charge >= 0.3 is 0 Å². The molecule has 2 nitrogen and oxygen atoms in total. The predicted molar refractivity (Wildman–Crippen MR) is 77.7 cm³/mol. The van der Waals surface area contributed by atoms with Crippen LogP contribution in [0.5, 0.6) is 0 Å². The SMILES string of the molecule is CCCCCC(C)NCCOCc1ccccc1F. The zero-order chi connectivity index (χ0) is 13.9. The number of nitrogens with one attached hydrogen (secondary N) is 1. The zero-order valence-electron chi connectivity index (χ0n) is 12.1. The molecule has 0 amide bonds. The standard InChI is InChI=1S/C16H26FNO/c1-3-4-5-8-14(2)18-11-12-19-13-15-9-6-7-10-16(15)17/h6-7,9-10,14,18H,3-5,8,11-13H2,1-2H3. The molecule has 0 aliphatic rings. The molecule has 1 atom stereocenters. The van der Waals surface area contributed by atoms with E-state index in [0.717, 1.165) is 6.54 Å². The summed E-state index contributed by atoms with van der Waals surface area (Å²) in [5, 5.41) is 3.42. The fraction of sp³-hybridized carbons (Fsp3) is 0.625. The van der Waals surface area contributed by atoms with Crippen LogP contribution in [0, 0.1) is 5.82 Å². The van der Waals surface area contributed by atoms with Gasteiger partial charge in [0.05, 0.1) is 13.2 Å². The van der Waals surface area contributed by atoms with Crippen LogP contribution in [-0.2, 0) is 11.3 Å². The van der Waals surface area contributed by atoms with Crippen LogP contribution in [0.25, 0.3) is 0 Å². The van der Waals surface area contributed by atoms with Crippen LogP contribution < -0.4 is 5.32 Å². The minimum absolute atomic E-state index is 0.191. The number of ether oxygens (including phenoxy) is 1. The van der Waals surface area contributed by atoms with Crippen LogP contribution in [0.2, 0.25) is 0 Å². The molecule has 0 radical (unpaired) electrons. The summed E-state index contributed by atoms with van der Waals surface area (Å²) in [4.78, 5) is 0. The Balaban J connectivity index is 2.03. The van der Waals surface area contributed by atoms with Crippen molar-refractivity contribution >= 4 is 0 Å². The lowest BCUT2D eigenvalue weighted by molar-refractivity contribution is 0.118. The van der Waals surface area contributed by atoms with E-state index in [1.54, 1.807) is 12.1 Å². The fourth-order valence-electron chi connectivity index (χ4n) is 1.98. The first-order chi connectivity index (χ1) is 9.24. The molecular formula is C16H26FNO. The molecule has 1 rings (SSSR count). The van der Waals surface area contributed by atoms with E-state index in [9.17, 15) is 4.39 Å². The number of hydrogen-bond acceptors (Lipinski definition) is 2. The van der Waals surface area contributed by atoms with Gasteiger partial charge in [0, 0.05) is 18.2 Å².